The lowest BCUT2D eigenvalue weighted by molar-refractivity contribution is -0.131. The number of nitrogens with one attached hydrogen (secondary N) is 1. The second-order valence-corrected chi connectivity index (χ2v) is 9.08. The molecule has 1 aliphatic carbocycles. The highest BCUT2D eigenvalue weighted by atomic mass is 35.5. The van der Waals surface area contributed by atoms with Gasteiger partial charge in [0.25, 0.3) is 0 Å². The predicted octanol–water partition coefficient (Wildman–Crippen LogP) is 7.48. The number of carboxylic acids is 1. The number of aromatic nitrogens is 2. The number of benzene rings is 3. The molecule has 1 heterocycles. The van der Waals surface area contributed by atoms with Crippen LogP contribution in [-0.4, -0.2) is 21.3 Å². The Morgan fingerprint density at radius 1 is 1.06 bits per heavy atom. The third-order valence-electron chi connectivity index (χ3n) is 5.92. The molecule has 1 saturated carbocycles. The molecule has 0 unspecified atom stereocenters. The molecule has 0 amide bonds. The Morgan fingerprint density at radius 2 is 1.79 bits per heavy atom. The number of H-pyrrole nitrogens is 1. The van der Waals surface area contributed by atoms with E-state index in [2.05, 4.69) is 10.2 Å². The molecule has 0 bridgehead atoms. The van der Waals surface area contributed by atoms with Gasteiger partial charge in [-0.1, -0.05) is 53.5 Å². The predicted molar refractivity (Wildman–Crippen MR) is 134 cm³/mol. The molecule has 2 N–H and O–H groups in total. The maximum absolute atomic E-state index is 15.8. The van der Waals surface area contributed by atoms with E-state index in [0.29, 0.717) is 26.5 Å². The highest BCUT2D eigenvalue weighted by molar-refractivity contribution is 6.36. The molecule has 1 aliphatic rings. The number of aliphatic carboxylic acids is 1. The third-order valence-corrected chi connectivity index (χ3v) is 6.47. The van der Waals surface area contributed by atoms with Crippen LogP contribution in [0.2, 0.25) is 10.0 Å². The van der Waals surface area contributed by atoms with Crippen molar-refractivity contribution in [1.29, 1.82) is 0 Å². The molecule has 1 fully saturated rings. The first-order valence-corrected chi connectivity index (χ1v) is 11.5. The van der Waals surface area contributed by atoms with Crippen LogP contribution in [0.25, 0.3) is 28.1 Å². The molecule has 34 heavy (non-hydrogen) atoms. The smallest absolute Gasteiger partial charge is 0.328 e. The van der Waals surface area contributed by atoms with E-state index in [-0.39, 0.29) is 11.7 Å². The molecule has 7 heteroatoms. The molecule has 0 radical (unpaired) electrons. The Hall–Kier alpha value is -3.41. The summed E-state index contributed by atoms with van der Waals surface area (Å²) in [7, 11) is 0. The third kappa shape index (κ3) is 4.37. The van der Waals surface area contributed by atoms with E-state index in [1.807, 2.05) is 36.4 Å². The number of carbonyl (C=O) groups is 1. The monoisotopic (exact) mass is 492 g/mol. The number of fused-ring (bicyclic) bond motifs is 1. The summed E-state index contributed by atoms with van der Waals surface area (Å²) in [6, 6.07) is 16.3. The maximum Gasteiger partial charge on any atom is 0.328 e. The van der Waals surface area contributed by atoms with Crippen LogP contribution in [0.1, 0.15) is 35.1 Å². The fraction of sp³-hybridized carbons (Fsp3) is 0.111. The van der Waals surface area contributed by atoms with E-state index in [9.17, 15) is 4.79 Å². The number of nitrogens with zero attached hydrogens (tertiary/aromatic N) is 1. The van der Waals surface area contributed by atoms with Gasteiger partial charge in [0.15, 0.2) is 0 Å². The van der Waals surface area contributed by atoms with Crippen molar-refractivity contribution in [2.75, 3.05) is 0 Å². The van der Waals surface area contributed by atoms with Crippen molar-refractivity contribution >= 4 is 57.3 Å². The standard InChI is InChI=1S/C27H19Cl2FN2O2/c28-18-8-9-19(22(29)13-18)25(17-6-7-17)26(16-4-1-15(2-5-16)3-12-24(33)34)20-10-11-23-21(27(20)30)14-31-32-23/h1-5,8-14,17H,6-7H2,(H,31,32)(H,33,34). The summed E-state index contributed by atoms with van der Waals surface area (Å²) in [6.07, 6.45) is 6.05. The van der Waals surface area contributed by atoms with Crippen LogP contribution in [0.5, 0.6) is 0 Å². The molecule has 170 valence electrons. The highest BCUT2D eigenvalue weighted by Crippen LogP contribution is 2.50. The van der Waals surface area contributed by atoms with E-state index in [1.165, 1.54) is 12.3 Å². The molecule has 4 aromatic rings. The highest BCUT2D eigenvalue weighted by Gasteiger charge is 2.32. The van der Waals surface area contributed by atoms with Gasteiger partial charge in [0.1, 0.15) is 5.82 Å². The number of aromatic amines is 1. The summed E-state index contributed by atoms with van der Waals surface area (Å²) in [5, 5.41) is 17.2. The largest absolute Gasteiger partial charge is 0.478 e. The van der Waals surface area contributed by atoms with E-state index in [1.54, 1.807) is 18.2 Å². The summed E-state index contributed by atoms with van der Waals surface area (Å²) in [5.41, 5.74) is 5.15. The van der Waals surface area contributed by atoms with Gasteiger partial charge in [-0.25, -0.2) is 9.18 Å². The van der Waals surface area contributed by atoms with E-state index in [0.717, 1.165) is 46.8 Å². The minimum atomic E-state index is -1.02. The van der Waals surface area contributed by atoms with Crippen LogP contribution in [-0.2, 0) is 4.79 Å². The summed E-state index contributed by atoms with van der Waals surface area (Å²) >= 11 is 12.8. The van der Waals surface area contributed by atoms with Crippen molar-refractivity contribution in [2.45, 2.75) is 12.8 Å². The number of halogens is 3. The van der Waals surface area contributed by atoms with Crippen LogP contribution in [0.3, 0.4) is 0 Å². The number of carboxylic acid groups (broad SMARTS) is 1. The molecule has 0 atom stereocenters. The van der Waals surface area contributed by atoms with Crippen molar-refractivity contribution < 1.29 is 14.3 Å². The lowest BCUT2D eigenvalue weighted by Gasteiger charge is -2.19. The lowest BCUT2D eigenvalue weighted by atomic mass is 9.86. The number of hydrogen-bond acceptors (Lipinski definition) is 2. The molecular weight excluding hydrogens is 474 g/mol. The van der Waals surface area contributed by atoms with Crippen molar-refractivity contribution in [3.8, 4) is 0 Å². The summed E-state index contributed by atoms with van der Waals surface area (Å²) in [5.74, 6) is -1.15. The SMILES string of the molecule is O=C(O)C=Cc1ccc(C(=C(c2ccc(Cl)cc2Cl)C2CC2)c2ccc3[nH]ncc3c2F)cc1. The van der Waals surface area contributed by atoms with Gasteiger partial charge in [-0.3, -0.25) is 5.10 Å². The van der Waals surface area contributed by atoms with Crippen molar-refractivity contribution in [3.05, 3.63) is 105 Å². The molecule has 3 aromatic carbocycles. The van der Waals surface area contributed by atoms with E-state index >= 15 is 4.39 Å². The molecular formula is C27H19Cl2FN2O2. The first kappa shape index (κ1) is 22.4. The molecule has 0 spiro atoms. The average Bonchev–Trinajstić information content (AvgIpc) is 3.53. The van der Waals surface area contributed by atoms with Gasteiger partial charge in [-0.2, -0.15) is 5.10 Å². The first-order valence-electron chi connectivity index (χ1n) is 10.8. The van der Waals surface area contributed by atoms with Gasteiger partial charge < -0.3 is 5.11 Å². The normalized spacial score (nSPS) is 14.6. The maximum atomic E-state index is 15.8. The second-order valence-electron chi connectivity index (χ2n) is 8.24. The number of allylic oxidation sites excluding steroid dienone is 1. The molecule has 0 saturated heterocycles. The average molecular weight is 493 g/mol. The zero-order valence-electron chi connectivity index (χ0n) is 17.9. The Kier molecular flexibility index (Phi) is 5.98. The van der Waals surface area contributed by atoms with Gasteiger partial charge in [0.2, 0.25) is 0 Å². The van der Waals surface area contributed by atoms with Crippen LogP contribution in [0, 0.1) is 11.7 Å². The van der Waals surface area contributed by atoms with Gasteiger partial charge >= 0.3 is 5.97 Å². The Morgan fingerprint density at radius 3 is 2.47 bits per heavy atom. The Balaban J connectivity index is 1.77. The second kappa shape index (κ2) is 9.09. The molecule has 4 nitrogen and oxygen atoms in total. The van der Waals surface area contributed by atoms with Crippen molar-refractivity contribution in [3.63, 3.8) is 0 Å². The summed E-state index contributed by atoms with van der Waals surface area (Å²) in [6.45, 7) is 0. The minimum absolute atomic E-state index is 0.236. The number of rotatable bonds is 6. The lowest BCUT2D eigenvalue weighted by Crippen LogP contribution is -2.01. The van der Waals surface area contributed by atoms with Crippen LogP contribution >= 0.6 is 23.2 Å². The van der Waals surface area contributed by atoms with Gasteiger partial charge in [0.05, 0.1) is 17.1 Å². The zero-order valence-corrected chi connectivity index (χ0v) is 19.4. The Labute approximate surface area is 205 Å². The minimum Gasteiger partial charge on any atom is -0.478 e. The number of hydrogen-bond donors (Lipinski definition) is 2. The summed E-state index contributed by atoms with van der Waals surface area (Å²) < 4.78 is 15.8. The van der Waals surface area contributed by atoms with Crippen LogP contribution < -0.4 is 0 Å². The van der Waals surface area contributed by atoms with E-state index in [4.69, 9.17) is 28.3 Å². The van der Waals surface area contributed by atoms with Gasteiger partial charge in [-0.05, 0) is 76.9 Å². The van der Waals surface area contributed by atoms with E-state index < -0.39 is 5.97 Å². The fourth-order valence-corrected chi connectivity index (χ4v) is 4.71. The summed E-state index contributed by atoms with van der Waals surface area (Å²) in [4.78, 5) is 10.9. The first-order chi connectivity index (χ1) is 16.4. The van der Waals surface area contributed by atoms with Crippen LogP contribution in [0.4, 0.5) is 4.39 Å². The molecule has 5 rings (SSSR count). The van der Waals surface area contributed by atoms with Gasteiger partial charge in [-0.15, -0.1) is 0 Å². The quantitative estimate of drug-likeness (QED) is 0.216. The molecule has 0 aliphatic heterocycles. The van der Waals surface area contributed by atoms with Crippen molar-refractivity contribution in [1.82, 2.24) is 10.2 Å². The Bertz CT molecular complexity index is 1470. The topological polar surface area (TPSA) is 66.0 Å². The van der Waals surface area contributed by atoms with Gasteiger partial charge in [0, 0.05) is 21.7 Å². The zero-order chi connectivity index (χ0) is 23.8. The van der Waals surface area contributed by atoms with Crippen molar-refractivity contribution in [2.24, 2.45) is 5.92 Å². The van der Waals surface area contributed by atoms with Crippen LogP contribution in [0.15, 0.2) is 66.9 Å². The fourth-order valence-electron chi connectivity index (χ4n) is 4.20. The molecule has 1 aromatic heterocycles.